The molecule has 1 N–H and O–H groups in total. The van der Waals surface area contributed by atoms with Crippen LogP contribution in [-0.2, 0) is 24.8 Å². The first-order valence-corrected chi connectivity index (χ1v) is 14.6. The SMILES string of the molecule is COc1ccc(S(=O)(=O)N(CC(=O)O)c2ncc(N(C(F)(F)F)S(=O)(=O)c3ccc(OC)cc3)c3ccccc23)cc1. The summed E-state index contributed by atoms with van der Waals surface area (Å²) >= 11 is 0. The monoisotopic (exact) mass is 625 g/mol. The summed E-state index contributed by atoms with van der Waals surface area (Å²) in [4.78, 5) is 14.6. The Morgan fingerprint density at radius 2 is 1.29 bits per heavy atom. The quantitative estimate of drug-likeness (QED) is 0.256. The fourth-order valence-electron chi connectivity index (χ4n) is 4.05. The maximum absolute atomic E-state index is 14.5. The van der Waals surface area contributed by atoms with Crippen molar-refractivity contribution in [3.63, 3.8) is 0 Å². The van der Waals surface area contributed by atoms with Gasteiger partial charge in [-0.05, 0) is 48.5 Å². The van der Waals surface area contributed by atoms with Crippen LogP contribution in [0.3, 0.4) is 0 Å². The number of nitrogens with zero attached hydrogens (tertiary/aromatic N) is 3. The first-order valence-electron chi connectivity index (χ1n) is 11.7. The summed E-state index contributed by atoms with van der Waals surface area (Å²) in [6.45, 7) is -1.14. The third kappa shape index (κ3) is 5.75. The topological polar surface area (TPSA) is 143 Å². The minimum absolute atomic E-state index is 0.209. The Morgan fingerprint density at radius 3 is 1.74 bits per heavy atom. The zero-order valence-electron chi connectivity index (χ0n) is 21.8. The lowest BCUT2D eigenvalue weighted by atomic mass is 10.1. The number of benzene rings is 3. The highest BCUT2D eigenvalue weighted by atomic mass is 32.2. The van der Waals surface area contributed by atoms with E-state index < -0.39 is 59.6 Å². The fraction of sp³-hybridized carbons (Fsp3) is 0.154. The molecule has 0 aliphatic heterocycles. The number of pyridine rings is 1. The van der Waals surface area contributed by atoms with Crippen molar-refractivity contribution in [2.75, 3.05) is 29.4 Å². The molecule has 42 heavy (non-hydrogen) atoms. The van der Waals surface area contributed by atoms with Gasteiger partial charge in [-0.1, -0.05) is 24.3 Å². The molecule has 3 aromatic carbocycles. The molecule has 16 heteroatoms. The third-order valence-electron chi connectivity index (χ3n) is 5.96. The number of carbonyl (C=O) groups is 1. The van der Waals surface area contributed by atoms with E-state index in [1.807, 2.05) is 0 Å². The predicted molar refractivity (Wildman–Crippen MR) is 146 cm³/mol. The average molecular weight is 626 g/mol. The molecule has 0 saturated carbocycles. The van der Waals surface area contributed by atoms with Gasteiger partial charge in [0, 0.05) is 10.8 Å². The molecule has 0 aliphatic carbocycles. The van der Waals surface area contributed by atoms with Crippen LogP contribution < -0.4 is 18.1 Å². The van der Waals surface area contributed by atoms with Gasteiger partial charge in [0.2, 0.25) is 0 Å². The van der Waals surface area contributed by atoms with Gasteiger partial charge in [0.05, 0.1) is 35.9 Å². The van der Waals surface area contributed by atoms with Gasteiger partial charge >= 0.3 is 12.3 Å². The number of aliphatic carboxylic acids is 1. The second kappa shape index (κ2) is 11.4. The minimum Gasteiger partial charge on any atom is -0.497 e. The number of carboxylic acids is 1. The zero-order chi connectivity index (χ0) is 30.9. The number of hydrogen-bond acceptors (Lipinski definition) is 8. The number of halogens is 3. The molecule has 0 atom stereocenters. The maximum Gasteiger partial charge on any atom is 0.498 e. The zero-order valence-corrected chi connectivity index (χ0v) is 23.4. The van der Waals surface area contributed by atoms with Crippen molar-refractivity contribution in [1.82, 2.24) is 4.98 Å². The summed E-state index contributed by atoms with van der Waals surface area (Å²) in [5.41, 5.74) is -0.935. The van der Waals surface area contributed by atoms with E-state index in [2.05, 4.69) is 4.98 Å². The molecule has 0 unspecified atom stereocenters. The number of sulfonamides is 2. The van der Waals surface area contributed by atoms with Crippen LogP contribution in [-0.4, -0.2) is 60.0 Å². The van der Waals surface area contributed by atoms with E-state index >= 15 is 0 Å². The van der Waals surface area contributed by atoms with E-state index in [0.29, 0.717) is 16.3 Å². The molecule has 0 radical (unpaired) electrons. The standard InChI is InChI=1S/C26H22F3N3O8S2/c1-39-17-7-11-19(12-8-17)41(35,36)31(16-24(33)34)25-22-6-4-3-5-21(22)23(15-30-25)32(26(27,28)29)42(37,38)20-13-9-18(40-2)10-14-20/h3-15H,16H2,1-2H3,(H,33,34). The number of anilines is 2. The van der Waals surface area contributed by atoms with Crippen molar-refractivity contribution >= 4 is 48.3 Å². The first kappa shape index (κ1) is 30.4. The van der Waals surface area contributed by atoms with Crippen molar-refractivity contribution in [3.8, 4) is 11.5 Å². The molecule has 1 aromatic heterocycles. The van der Waals surface area contributed by atoms with E-state index in [1.165, 1.54) is 56.7 Å². The number of carboxylic acid groups (broad SMARTS) is 1. The molecule has 0 bridgehead atoms. The first-order chi connectivity index (χ1) is 19.7. The summed E-state index contributed by atoms with van der Waals surface area (Å²) in [7, 11) is -7.26. The largest absolute Gasteiger partial charge is 0.498 e. The number of rotatable bonds is 10. The van der Waals surface area contributed by atoms with E-state index in [0.717, 1.165) is 30.3 Å². The smallest absolute Gasteiger partial charge is 0.497 e. The van der Waals surface area contributed by atoms with E-state index in [4.69, 9.17) is 9.47 Å². The van der Waals surface area contributed by atoms with Gasteiger partial charge in [0.15, 0.2) is 5.82 Å². The van der Waals surface area contributed by atoms with Crippen molar-refractivity contribution in [2.45, 2.75) is 16.1 Å². The Labute approximate surface area is 238 Å². The number of alkyl halides is 3. The lowest BCUT2D eigenvalue weighted by Crippen LogP contribution is -2.43. The minimum atomic E-state index is -5.49. The molecule has 4 aromatic rings. The van der Waals surface area contributed by atoms with Gasteiger partial charge in [-0.3, -0.25) is 4.79 Å². The van der Waals surface area contributed by atoms with E-state index in [9.17, 15) is 39.9 Å². The molecule has 222 valence electrons. The molecular weight excluding hydrogens is 603 g/mol. The Bertz CT molecular complexity index is 1830. The lowest BCUT2D eigenvalue weighted by Gasteiger charge is -2.29. The van der Waals surface area contributed by atoms with E-state index in [-0.39, 0.29) is 21.4 Å². The highest BCUT2D eigenvalue weighted by Gasteiger charge is 2.48. The van der Waals surface area contributed by atoms with Crippen LogP contribution in [0.25, 0.3) is 10.8 Å². The predicted octanol–water partition coefficient (Wildman–Crippen LogP) is 4.25. The van der Waals surface area contributed by atoms with Crippen LogP contribution in [0.1, 0.15) is 0 Å². The van der Waals surface area contributed by atoms with Crippen LogP contribution in [0.15, 0.2) is 88.8 Å². The molecule has 11 nitrogen and oxygen atoms in total. The summed E-state index contributed by atoms with van der Waals surface area (Å²) in [6.07, 6.45) is -4.95. The van der Waals surface area contributed by atoms with Gasteiger partial charge in [-0.2, -0.15) is 4.31 Å². The number of ether oxygens (including phenoxy) is 2. The van der Waals surface area contributed by atoms with Crippen LogP contribution in [0.2, 0.25) is 0 Å². The Balaban J connectivity index is 1.95. The van der Waals surface area contributed by atoms with Gasteiger partial charge in [0.25, 0.3) is 20.0 Å². The van der Waals surface area contributed by atoms with Gasteiger partial charge in [0.1, 0.15) is 18.0 Å². The highest BCUT2D eigenvalue weighted by molar-refractivity contribution is 7.93. The maximum atomic E-state index is 14.5. The van der Waals surface area contributed by atoms with Crippen molar-refractivity contribution in [2.24, 2.45) is 0 Å². The summed E-state index contributed by atoms with van der Waals surface area (Å²) in [5.74, 6) is -1.59. The Kier molecular flexibility index (Phi) is 8.22. The third-order valence-corrected chi connectivity index (χ3v) is 9.46. The molecule has 0 amide bonds. The molecule has 0 spiro atoms. The molecule has 4 rings (SSSR count). The van der Waals surface area contributed by atoms with Crippen LogP contribution in [0, 0.1) is 0 Å². The van der Waals surface area contributed by atoms with Gasteiger partial charge in [-0.15, -0.1) is 13.2 Å². The van der Waals surface area contributed by atoms with Crippen molar-refractivity contribution < 1.29 is 49.4 Å². The van der Waals surface area contributed by atoms with Crippen molar-refractivity contribution in [1.29, 1.82) is 0 Å². The van der Waals surface area contributed by atoms with Crippen LogP contribution in [0.5, 0.6) is 11.5 Å². The molecule has 0 aliphatic rings. The Hall–Kier alpha value is -4.57. The number of fused-ring (bicyclic) bond motifs is 1. The van der Waals surface area contributed by atoms with Crippen molar-refractivity contribution in [3.05, 3.63) is 79.0 Å². The number of methoxy groups -OCH3 is 2. The van der Waals surface area contributed by atoms with E-state index in [1.54, 1.807) is 0 Å². The lowest BCUT2D eigenvalue weighted by molar-refractivity contribution is -0.135. The summed E-state index contributed by atoms with van der Waals surface area (Å²) in [5, 5.41) is 8.91. The summed E-state index contributed by atoms with van der Waals surface area (Å²) in [6, 6.07) is 14.2. The molecule has 1 heterocycles. The van der Waals surface area contributed by atoms with Crippen LogP contribution in [0.4, 0.5) is 24.7 Å². The molecule has 0 saturated heterocycles. The molecular formula is C26H22F3N3O8S2. The highest BCUT2D eigenvalue weighted by Crippen LogP contribution is 2.41. The normalized spacial score (nSPS) is 12.1. The van der Waals surface area contributed by atoms with Gasteiger partial charge < -0.3 is 14.6 Å². The molecule has 0 fully saturated rings. The second-order valence-corrected chi connectivity index (χ2v) is 12.2. The second-order valence-electron chi connectivity index (χ2n) is 8.51. The number of hydrogen-bond donors (Lipinski definition) is 1. The number of aromatic nitrogens is 1. The Morgan fingerprint density at radius 1 is 0.810 bits per heavy atom. The van der Waals surface area contributed by atoms with Gasteiger partial charge in [-0.25, -0.2) is 26.1 Å². The fourth-order valence-corrected chi connectivity index (χ4v) is 6.81. The van der Waals surface area contributed by atoms with Crippen LogP contribution >= 0.6 is 0 Å². The average Bonchev–Trinajstić information content (AvgIpc) is 2.95. The summed E-state index contributed by atoms with van der Waals surface area (Å²) < 4.78 is 107.